The van der Waals surface area contributed by atoms with Gasteiger partial charge in [0.2, 0.25) is 0 Å². The molecule has 0 bridgehead atoms. The quantitative estimate of drug-likeness (QED) is 0.772. The van der Waals surface area contributed by atoms with Gasteiger partial charge in [0, 0.05) is 6.04 Å². The van der Waals surface area contributed by atoms with Crippen LogP contribution in [0.15, 0.2) is 24.3 Å². The van der Waals surface area contributed by atoms with Crippen molar-refractivity contribution in [2.45, 2.75) is 53.5 Å². The van der Waals surface area contributed by atoms with Crippen molar-refractivity contribution >= 4 is 0 Å². The van der Waals surface area contributed by atoms with Gasteiger partial charge in [-0.15, -0.1) is 0 Å². The van der Waals surface area contributed by atoms with E-state index in [1.165, 1.54) is 12.0 Å². The van der Waals surface area contributed by atoms with Crippen molar-refractivity contribution in [2.24, 2.45) is 11.3 Å². The van der Waals surface area contributed by atoms with Crippen LogP contribution in [0.1, 0.15) is 59.1 Å². The minimum Gasteiger partial charge on any atom is -0.497 e. The normalized spacial score (nSPS) is 14.9. The lowest BCUT2D eigenvalue weighted by Crippen LogP contribution is -2.24. The molecule has 2 heteroatoms. The fourth-order valence-electron chi connectivity index (χ4n) is 2.97. The van der Waals surface area contributed by atoms with Gasteiger partial charge in [-0.25, -0.2) is 0 Å². The molecule has 0 radical (unpaired) electrons. The molecule has 0 saturated carbocycles. The third-order valence-electron chi connectivity index (χ3n) is 3.55. The van der Waals surface area contributed by atoms with E-state index < -0.39 is 0 Å². The van der Waals surface area contributed by atoms with Gasteiger partial charge in [0.15, 0.2) is 0 Å². The lowest BCUT2D eigenvalue weighted by molar-refractivity contribution is 0.276. The Kier molecular flexibility index (Phi) is 6.54. The van der Waals surface area contributed by atoms with Crippen molar-refractivity contribution in [3.05, 3.63) is 29.8 Å². The number of rotatable bonds is 7. The van der Waals surface area contributed by atoms with Gasteiger partial charge in [-0.3, -0.25) is 0 Å². The Morgan fingerprint density at radius 1 is 1.25 bits per heavy atom. The van der Waals surface area contributed by atoms with E-state index in [0.29, 0.717) is 17.4 Å². The second-order valence-electron chi connectivity index (χ2n) is 6.99. The molecule has 0 fully saturated rings. The van der Waals surface area contributed by atoms with Crippen LogP contribution in [0.5, 0.6) is 5.75 Å². The minimum absolute atomic E-state index is 0.393. The van der Waals surface area contributed by atoms with Crippen molar-refractivity contribution in [1.82, 2.24) is 5.32 Å². The smallest absolute Gasteiger partial charge is 0.119 e. The van der Waals surface area contributed by atoms with E-state index in [0.717, 1.165) is 18.7 Å². The van der Waals surface area contributed by atoms with Crippen LogP contribution >= 0.6 is 0 Å². The average Bonchev–Trinajstić information content (AvgIpc) is 2.36. The van der Waals surface area contributed by atoms with E-state index in [9.17, 15) is 0 Å². The highest BCUT2D eigenvalue weighted by Gasteiger charge is 2.20. The Morgan fingerprint density at radius 3 is 2.50 bits per heavy atom. The first kappa shape index (κ1) is 17.0. The zero-order chi connectivity index (χ0) is 15.2. The molecule has 0 amide bonds. The van der Waals surface area contributed by atoms with E-state index in [-0.39, 0.29) is 0 Å². The number of methoxy groups -OCH3 is 1. The maximum atomic E-state index is 5.34. The fraction of sp³-hybridized carbons (Fsp3) is 0.667. The van der Waals surface area contributed by atoms with Crippen LogP contribution in [-0.2, 0) is 0 Å². The fourth-order valence-corrected chi connectivity index (χ4v) is 2.97. The topological polar surface area (TPSA) is 21.3 Å². The summed E-state index contributed by atoms with van der Waals surface area (Å²) in [4.78, 5) is 0. The molecule has 1 aromatic rings. The third kappa shape index (κ3) is 5.96. The molecule has 1 rings (SSSR count). The largest absolute Gasteiger partial charge is 0.497 e. The Hall–Kier alpha value is -1.02. The van der Waals surface area contributed by atoms with E-state index in [1.807, 2.05) is 6.07 Å². The number of nitrogens with one attached hydrogen (secondary N) is 1. The minimum atomic E-state index is 0.393. The summed E-state index contributed by atoms with van der Waals surface area (Å²) in [6.07, 6.45) is 2.41. The molecular weight excluding hydrogens is 246 g/mol. The van der Waals surface area contributed by atoms with Crippen molar-refractivity contribution in [3.8, 4) is 5.75 Å². The lowest BCUT2D eigenvalue weighted by atomic mass is 9.82. The lowest BCUT2D eigenvalue weighted by Gasteiger charge is -2.27. The predicted octanol–water partition coefficient (Wildman–Crippen LogP) is 4.81. The molecule has 0 aliphatic carbocycles. The van der Waals surface area contributed by atoms with E-state index >= 15 is 0 Å². The SMILES string of the molecule is CCNC(CC(C)CC(C)(C)C)c1cccc(OC)c1. The summed E-state index contributed by atoms with van der Waals surface area (Å²) >= 11 is 0. The molecule has 0 aliphatic rings. The molecule has 2 atom stereocenters. The maximum Gasteiger partial charge on any atom is 0.119 e. The van der Waals surface area contributed by atoms with Gasteiger partial charge in [-0.2, -0.15) is 0 Å². The highest BCUT2D eigenvalue weighted by Crippen LogP contribution is 2.31. The van der Waals surface area contributed by atoms with Gasteiger partial charge in [0.1, 0.15) is 5.75 Å². The Morgan fingerprint density at radius 2 is 1.95 bits per heavy atom. The summed E-state index contributed by atoms with van der Waals surface area (Å²) in [5, 5.41) is 3.61. The second-order valence-corrected chi connectivity index (χ2v) is 6.99. The van der Waals surface area contributed by atoms with Crippen molar-refractivity contribution in [3.63, 3.8) is 0 Å². The van der Waals surface area contributed by atoms with Gasteiger partial charge in [0.25, 0.3) is 0 Å². The Labute approximate surface area is 124 Å². The zero-order valence-electron chi connectivity index (χ0n) is 14.0. The van der Waals surface area contributed by atoms with E-state index in [2.05, 4.69) is 58.1 Å². The van der Waals surface area contributed by atoms with Crippen LogP contribution in [0, 0.1) is 11.3 Å². The number of benzene rings is 1. The molecule has 1 aromatic carbocycles. The molecule has 0 aromatic heterocycles. The van der Waals surface area contributed by atoms with Crippen molar-refractivity contribution in [1.29, 1.82) is 0 Å². The van der Waals surface area contributed by atoms with Crippen molar-refractivity contribution < 1.29 is 4.74 Å². The third-order valence-corrected chi connectivity index (χ3v) is 3.55. The first-order valence-corrected chi connectivity index (χ1v) is 7.73. The van der Waals surface area contributed by atoms with Crippen LogP contribution in [-0.4, -0.2) is 13.7 Å². The van der Waals surface area contributed by atoms with Gasteiger partial charge < -0.3 is 10.1 Å². The number of hydrogen-bond donors (Lipinski definition) is 1. The summed E-state index contributed by atoms with van der Waals surface area (Å²) in [6, 6.07) is 8.84. The van der Waals surface area contributed by atoms with Gasteiger partial charge in [-0.05, 0) is 48.4 Å². The van der Waals surface area contributed by atoms with Gasteiger partial charge in [-0.1, -0.05) is 46.8 Å². The maximum absolute atomic E-state index is 5.34. The van der Waals surface area contributed by atoms with Gasteiger partial charge in [0.05, 0.1) is 7.11 Å². The van der Waals surface area contributed by atoms with E-state index in [1.54, 1.807) is 7.11 Å². The molecule has 0 spiro atoms. The van der Waals surface area contributed by atoms with E-state index in [4.69, 9.17) is 4.74 Å². The molecule has 114 valence electrons. The molecule has 2 unspecified atom stereocenters. The molecule has 2 nitrogen and oxygen atoms in total. The standard InChI is InChI=1S/C18H31NO/c1-7-19-17(11-14(2)13-18(3,4)5)15-9-8-10-16(12-15)20-6/h8-10,12,14,17,19H,7,11,13H2,1-6H3. The monoisotopic (exact) mass is 277 g/mol. The molecule has 20 heavy (non-hydrogen) atoms. The van der Waals surface area contributed by atoms with Crippen LogP contribution in [0.25, 0.3) is 0 Å². The Bertz CT molecular complexity index is 395. The van der Waals surface area contributed by atoms with Crippen LogP contribution in [0.3, 0.4) is 0 Å². The summed E-state index contributed by atoms with van der Waals surface area (Å²) < 4.78 is 5.34. The second kappa shape index (κ2) is 7.68. The first-order valence-electron chi connectivity index (χ1n) is 7.73. The molecular formula is C18H31NO. The summed E-state index contributed by atoms with van der Waals surface area (Å²) in [7, 11) is 1.73. The molecule has 0 saturated heterocycles. The summed E-state index contributed by atoms with van der Waals surface area (Å²) in [5.74, 6) is 1.64. The highest BCUT2D eigenvalue weighted by atomic mass is 16.5. The van der Waals surface area contributed by atoms with Gasteiger partial charge >= 0.3 is 0 Å². The Balaban J connectivity index is 2.77. The van der Waals surface area contributed by atoms with Crippen LogP contribution in [0.4, 0.5) is 0 Å². The summed E-state index contributed by atoms with van der Waals surface area (Å²) in [6.45, 7) is 12.5. The van der Waals surface area contributed by atoms with Crippen LogP contribution < -0.4 is 10.1 Å². The first-order chi connectivity index (χ1) is 9.35. The average molecular weight is 277 g/mol. The van der Waals surface area contributed by atoms with Crippen LogP contribution in [0.2, 0.25) is 0 Å². The molecule has 1 N–H and O–H groups in total. The van der Waals surface area contributed by atoms with Crippen molar-refractivity contribution in [2.75, 3.05) is 13.7 Å². The molecule has 0 heterocycles. The predicted molar refractivity (Wildman–Crippen MR) is 87.3 cm³/mol. The summed E-state index contributed by atoms with van der Waals surface area (Å²) in [5.41, 5.74) is 1.72. The zero-order valence-corrected chi connectivity index (χ0v) is 14.0. The number of ether oxygens (including phenoxy) is 1. The highest BCUT2D eigenvalue weighted by molar-refractivity contribution is 5.30. The molecule has 0 aliphatic heterocycles. The number of hydrogen-bond acceptors (Lipinski definition) is 2.